The van der Waals surface area contributed by atoms with Crippen LogP contribution in [0.2, 0.25) is 0 Å². The van der Waals surface area contributed by atoms with E-state index in [1.54, 1.807) is 40.1 Å². The number of nitrogens with zero attached hydrogens (tertiary/aromatic N) is 6. The highest BCUT2D eigenvalue weighted by Gasteiger charge is 2.38. The molecule has 0 saturated carbocycles. The summed E-state index contributed by atoms with van der Waals surface area (Å²) in [6.45, 7) is 11.0. The molecule has 2 aliphatic heterocycles. The lowest BCUT2D eigenvalue weighted by Gasteiger charge is -2.33. The van der Waals surface area contributed by atoms with Gasteiger partial charge in [0.2, 0.25) is 5.95 Å². The third-order valence-corrected chi connectivity index (χ3v) is 7.95. The van der Waals surface area contributed by atoms with Gasteiger partial charge in [-0.15, -0.1) is 0 Å². The number of benzene rings is 1. The lowest BCUT2D eigenvalue weighted by atomic mass is 9.92. The first-order valence-electron chi connectivity index (χ1n) is 15.3. The molecular formula is C31H39F2N7O6. The van der Waals surface area contributed by atoms with Crippen LogP contribution in [0.4, 0.5) is 25.5 Å². The number of aromatic nitrogens is 4. The van der Waals surface area contributed by atoms with Crippen LogP contribution in [0.3, 0.4) is 0 Å². The van der Waals surface area contributed by atoms with E-state index < -0.39 is 41.3 Å². The van der Waals surface area contributed by atoms with Crippen LogP contribution < -0.4 is 19.9 Å². The molecule has 2 aromatic heterocycles. The van der Waals surface area contributed by atoms with Crippen molar-refractivity contribution in [2.24, 2.45) is 5.92 Å². The second-order valence-electron chi connectivity index (χ2n) is 12.4. The maximum Gasteiger partial charge on any atom is 0.407 e. The zero-order chi connectivity index (χ0) is 33.0. The molecule has 13 nitrogen and oxygen atoms in total. The van der Waals surface area contributed by atoms with Gasteiger partial charge in [-0.05, 0) is 82.3 Å². The molecule has 5 rings (SSSR count). The van der Waals surface area contributed by atoms with Crippen molar-refractivity contribution >= 4 is 24.0 Å². The lowest BCUT2D eigenvalue weighted by molar-refractivity contribution is 0.0495. The van der Waals surface area contributed by atoms with Crippen LogP contribution in [-0.4, -0.2) is 82.7 Å². The first kappa shape index (κ1) is 32.8. The fourth-order valence-corrected chi connectivity index (χ4v) is 5.71. The largest absolute Gasteiger partial charge is 0.487 e. The minimum atomic E-state index is -0.724. The van der Waals surface area contributed by atoms with Crippen molar-refractivity contribution in [3.05, 3.63) is 53.6 Å². The monoisotopic (exact) mass is 643 g/mol. The number of rotatable bonds is 9. The molecule has 0 spiro atoms. The highest BCUT2D eigenvalue weighted by molar-refractivity contribution is 5.85. The summed E-state index contributed by atoms with van der Waals surface area (Å²) >= 11 is 0. The topological polar surface area (TPSA) is 145 Å². The third kappa shape index (κ3) is 7.98. The van der Waals surface area contributed by atoms with Gasteiger partial charge in [-0.1, -0.05) is 0 Å². The lowest BCUT2D eigenvalue weighted by Crippen LogP contribution is -2.43. The Morgan fingerprint density at radius 1 is 1.11 bits per heavy atom. The van der Waals surface area contributed by atoms with Gasteiger partial charge in [-0.3, -0.25) is 0 Å². The quantitative estimate of drug-likeness (QED) is 0.328. The molecule has 3 aromatic rings. The van der Waals surface area contributed by atoms with E-state index >= 15 is 0 Å². The molecule has 1 aromatic carbocycles. The van der Waals surface area contributed by atoms with Gasteiger partial charge < -0.3 is 33.9 Å². The number of halogens is 2. The van der Waals surface area contributed by atoms with Crippen molar-refractivity contribution in [2.75, 3.05) is 42.6 Å². The van der Waals surface area contributed by atoms with Crippen LogP contribution in [0.1, 0.15) is 69.6 Å². The van der Waals surface area contributed by atoms with Crippen molar-refractivity contribution in [3.8, 4) is 5.75 Å². The van der Waals surface area contributed by atoms with Gasteiger partial charge in [0.1, 0.15) is 17.2 Å². The molecule has 248 valence electrons. The van der Waals surface area contributed by atoms with E-state index in [9.17, 15) is 18.4 Å². The Bertz CT molecular complexity index is 1510. The van der Waals surface area contributed by atoms with Crippen molar-refractivity contribution < 1.29 is 37.1 Å². The number of anilines is 2. The molecule has 0 unspecified atom stereocenters. The van der Waals surface area contributed by atoms with Gasteiger partial charge in [0.15, 0.2) is 5.75 Å². The Morgan fingerprint density at radius 3 is 2.50 bits per heavy atom. The number of carbonyl (C=O) groups is 2. The van der Waals surface area contributed by atoms with E-state index in [1.807, 2.05) is 16.7 Å². The van der Waals surface area contributed by atoms with Gasteiger partial charge in [0.05, 0.1) is 31.1 Å². The predicted octanol–water partition coefficient (Wildman–Crippen LogP) is 4.50. The maximum absolute atomic E-state index is 14.8. The average molecular weight is 644 g/mol. The van der Waals surface area contributed by atoms with Crippen LogP contribution in [0.15, 0.2) is 35.1 Å². The maximum atomic E-state index is 14.8. The number of hydrogen-bond acceptors (Lipinski definition) is 12. The van der Waals surface area contributed by atoms with Crippen LogP contribution in [-0.2, 0) is 9.47 Å². The molecular weight excluding hydrogens is 604 g/mol. The molecule has 46 heavy (non-hydrogen) atoms. The minimum absolute atomic E-state index is 0.0977. The number of hydrogen-bond donors (Lipinski definition) is 1. The SMILES string of the molecule is CCOC(=O)c1noc(N2CCC([C@H](C)Oc3cnc(N4C[C@H](NC(=O)OC(C)(C)C)[C@@H](c5cc(F)ccc5F)C4)nc3)CC2)n1. The van der Waals surface area contributed by atoms with Gasteiger partial charge in [-0.25, -0.2) is 28.3 Å². The molecule has 3 atom stereocenters. The fourth-order valence-electron chi connectivity index (χ4n) is 5.71. The smallest absolute Gasteiger partial charge is 0.407 e. The number of nitrogens with one attached hydrogen (secondary N) is 1. The van der Waals surface area contributed by atoms with Crippen molar-refractivity contribution in [1.82, 2.24) is 25.4 Å². The van der Waals surface area contributed by atoms with Crippen LogP contribution >= 0.6 is 0 Å². The number of alkyl carbamates (subject to hydrolysis) is 1. The van der Waals surface area contributed by atoms with E-state index in [0.717, 1.165) is 31.0 Å². The summed E-state index contributed by atoms with van der Waals surface area (Å²) in [7, 11) is 0. The van der Waals surface area contributed by atoms with Crippen molar-refractivity contribution in [1.29, 1.82) is 0 Å². The van der Waals surface area contributed by atoms with E-state index in [0.29, 0.717) is 24.8 Å². The molecule has 0 aliphatic carbocycles. The zero-order valence-electron chi connectivity index (χ0n) is 26.5. The zero-order valence-corrected chi connectivity index (χ0v) is 26.5. The molecule has 1 amide bonds. The number of esters is 1. The average Bonchev–Trinajstić information content (AvgIpc) is 3.66. The number of piperidine rings is 1. The summed E-state index contributed by atoms with van der Waals surface area (Å²) in [6, 6.07) is 3.00. The van der Waals surface area contributed by atoms with Crippen molar-refractivity contribution in [3.63, 3.8) is 0 Å². The Balaban J connectivity index is 1.19. The first-order chi connectivity index (χ1) is 21.9. The Hall–Kier alpha value is -4.56. The Kier molecular flexibility index (Phi) is 9.87. The summed E-state index contributed by atoms with van der Waals surface area (Å²) in [6.07, 6.45) is 3.98. The van der Waals surface area contributed by atoms with E-state index in [4.69, 9.17) is 18.7 Å². The molecule has 2 saturated heterocycles. The van der Waals surface area contributed by atoms with Gasteiger partial charge in [-0.2, -0.15) is 4.98 Å². The van der Waals surface area contributed by atoms with Crippen molar-refractivity contribution in [2.45, 2.75) is 71.1 Å². The van der Waals surface area contributed by atoms with E-state index in [1.165, 1.54) is 0 Å². The van der Waals surface area contributed by atoms with Gasteiger partial charge in [0, 0.05) is 32.1 Å². The molecule has 0 radical (unpaired) electrons. The minimum Gasteiger partial charge on any atom is -0.487 e. The molecule has 1 N–H and O–H groups in total. The number of amides is 1. The predicted molar refractivity (Wildman–Crippen MR) is 162 cm³/mol. The van der Waals surface area contributed by atoms with Crippen LogP contribution in [0, 0.1) is 17.6 Å². The number of carbonyl (C=O) groups excluding carboxylic acids is 2. The van der Waals surface area contributed by atoms with Crippen LogP contribution in [0.5, 0.6) is 5.75 Å². The number of ether oxygens (including phenoxy) is 3. The second kappa shape index (κ2) is 13.8. The fraction of sp³-hybridized carbons (Fsp3) is 0.548. The summed E-state index contributed by atoms with van der Waals surface area (Å²) in [4.78, 5) is 41.3. The summed E-state index contributed by atoms with van der Waals surface area (Å²) < 4.78 is 50.7. The Labute approximate surface area is 265 Å². The molecule has 4 heterocycles. The standard InChI is InChI=1S/C31H39F2N7O6/c1-6-43-27(41)26-37-29(46-38-26)39-11-9-19(10-12-39)18(2)44-21-14-34-28(35-15-21)40-16-23(22-13-20(32)7-8-24(22)33)25(17-40)36-30(42)45-31(3,4)5/h7-8,13-15,18-19,23,25H,6,9-12,16-17H2,1-5H3,(H,36,42)/t18-,23+,25-/m0/s1. The normalized spacial score (nSPS) is 19.5. The summed E-state index contributed by atoms with van der Waals surface area (Å²) in [5.74, 6) is -1.32. The molecule has 15 heteroatoms. The van der Waals surface area contributed by atoms with Gasteiger partial charge >= 0.3 is 18.1 Å². The van der Waals surface area contributed by atoms with E-state index in [2.05, 4.69) is 25.4 Å². The molecule has 0 bridgehead atoms. The molecule has 2 fully saturated rings. The summed E-state index contributed by atoms with van der Waals surface area (Å²) in [5, 5.41) is 6.53. The highest BCUT2D eigenvalue weighted by Crippen LogP contribution is 2.33. The summed E-state index contributed by atoms with van der Waals surface area (Å²) in [5.41, 5.74) is -0.569. The third-order valence-electron chi connectivity index (χ3n) is 7.95. The van der Waals surface area contributed by atoms with Crippen LogP contribution in [0.25, 0.3) is 0 Å². The second-order valence-corrected chi connectivity index (χ2v) is 12.4. The van der Waals surface area contributed by atoms with E-state index in [-0.39, 0.29) is 49.1 Å². The van der Waals surface area contributed by atoms with Gasteiger partial charge in [0.25, 0.3) is 5.82 Å². The molecule has 2 aliphatic rings. The highest BCUT2D eigenvalue weighted by atomic mass is 19.1. The Morgan fingerprint density at radius 2 is 1.83 bits per heavy atom. The first-order valence-corrected chi connectivity index (χ1v) is 15.3.